The van der Waals surface area contributed by atoms with Crippen molar-refractivity contribution in [2.75, 3.05) is 25.4 Å². The zero-order valence-corrected chi connectivity index (χ0v) is 12.4. The standard InChI is InChI=1S/C15H22N4O2/c1-11-8-17-6-2-3-14(17)10-18(11)9-12-7-13(19(20)21)4-5-15(12)16/h4-5,7,11,14H,2-3,6,8-10,16H2,1H3. The summed E-state index contributed by atoms with van der Waals surface area (Å²) in [6.07, 6.45) is 2.54. The van der Waals surface area contributed by atoms with Crippen LogP contribution >= 0.6 is 0 Å². The highest BCUT2D eigenvalue weighted by Gasteiger charge is 2.34. The van der Waals surface area contributed by atoms with Gasteiger partial charge in [0, 0.05) is 49.5 Å². The summed E-state index contributed by atoms with van der Waals surface area (Å²) in [5.74, 6) is 0. The fraction of sp³-hybridized carbons (Fsp3) is 0.600. The Morgan fingerprint density at radius 1 is 1.43 bits per heavy atom. The van der Waals surface area contributed by atoms with E-state index in [2.05, 4.69) is 16.7 Å². The van der Waals surface area contributed by atoms with Gasteiger partial charge >= 0.3 is 0 Å². The number of nitro benzene ring substituents is 1. The average Bonchev–Trinajstić information content (AvgIpc) is 2.88. The third kappa shape index (κ3) is 2.87. The highest BCUT2D eigenvalue weighted by Crippen LogP contribution is 2.28. The van der Waals surface area contributed by atoms with Crippen molar-refractivity contribution in [2.45, 2.75) is 38.4 Å². The third-order valence-electron chi connectivity index (χ3n) is 4.78. The molecule has 6 nitrogen and oxygen atoms in total. The minimum absolute atomic E-state index is 0.117. The van der Waals surface area contributed by atoms with Crippen LogP contribution in [0.15, 0.2) is 18.2 Å². The van der Waals surface area contributed by atoms with Gasteiger partial charge in [-0.2, -0.15) is 0 Å². The van der Waals surface area contributed by atoms with E-state index in [1.165, 1.54) is 25.5 Å². The van der Waals surface area contributed by atoms with E-state index >= 15 is 0 Å². The summed E-state index contributed by atoms with van der Waals surface area (Å²) in [4.78, 5) is 15.5. The minimum atomic E-state index is -0.360. The first-order chi connectivity index (χ1) is 10.0. The Kier molecular flexibility index (Phi) is 3.82. The van der Waals surface area contributed by atoms with Gasteiger partial charge in [0.2, 0.25) is 0 Å². The molecule has 0 saturated carbocycles. The van der Waals surface area contributed by atoms with Crippen LogP contribution in [0.1, 0.15) is 25.3 Å². The van der Waals surface area contributed by atoms with Crippen LogP contribution in [-0.2, 0) is 6.54 Å². The van der Waals surface area contributed by atoms with E-state index < -0.39 is 0 Å². The van der Waals surface area contributed by atoms with Crippen LogP contribution < -0.4 is 5.73 Å². The molecular formula is C15H22N4O2. The molecule has 0 amide bonds. The highest BCUT2D eigenvalue weighted by atomic mass is 16.6. The maximum atomic E-state index is 10.9. The summed E-state index contributed by atoms with van der Waals surface area (Å²) < 4.78 is 0. The summed E-state index contributed by atoms with van der Waals surface area (Å²) in [6, 6.07) is 5.82. The Morgan fingerprint density at radius 3 is 3.00 bits per heavy atom. The quantitative estimate of drug-likeness (QED) is 0.522. The number of fused-ring (bicyclic) bond motifs is 1. The molecule has 2 saturated heterocycles. The van der Waals surface area contributed by atoms with Gasteiger partial charge in [0.1, 0.15) is 0 Å². The van der Waals surface area contributed by atoms with Gasteiger partial charge in [-0.05, 0) is 37.9 Å². The number of benzene rings is 1. The number of nitrogen functional groups attached to an aromatic ring is 1. The molecule has 114 valence electrons. The topological polar surface area (TPSA) is 75.6 Å². The van der Waals surface area contributed by atoms with Crippen molar-refractivity contribution in [1.29, 1.82) is 0 Å². The summed E-state index contributed by atoms with van der Waals surface area (Å²) in [6.45, 7) is 6.24. The van der Waals surface area contributed by atoms with Gasteiger partial charge < -0.3 is 5.73 Å². The maximum Gasteiger partial charge on any atom is 0.269 e. The van der Waals surface area contributed by atoms with Crippen molar-refractivity contribution in [3.8, 4) is 0 Å². The fourth-order valence-corrected chi connectivity index (χ4v) is 3.53. The molecule has 0 spiro atoms. The Labute approximate surface area is 124 Å². The van der Waals surface area contributed by atoms with Gasteiger partial charge in [0.15, 0.2) is 0 Å². The van der Waals surface area contributed by atoms with Crippen molar-refractivity contribution < 1.29 is 4.92 Å². The first kappa shape index (κ1) is 14.3. The van der Waals surface area contributed by atoms with Crippen molar-refractivity contribution in [2.24, 2.45) is 0 Å². The maximum absolute atomic E-state index is 10.9. The Morgan fingerprint density at radius 2 is 2.24 bits per heavy atom. The summed E-state index contributed by atoms with van der Waals surface area (Å²) in [5.41, 5.74) is 7.62. The van der Waals surface area contributed by atoms with Gasteiger partial charge in [-0.1, -0.05) is 0 Å². The predicted octanol–water partition coefficient (Wildman–Crippen LogP) is 1.85. The van der Waals surface area contributed by atoms with Gasteiger partial charge in [-0.15, -0.1) is 0 Å². The molecule has 6 heteroatoms. The summed E-state index contributed by atoms with van der Waals surface area (Å²) >= 11 is 0. The number of rotatable bonds is 3. The van der Waals surface area contributed by atoms with Crippen LogP contribution in [0.2, 0.25) is 0 Å². The lowest BCUT2D eigenvalue weighted by Gasteiger charge is -2.42. The molecule has 2 N–H and O–H groups in total. The second-order valence-corrected chi connectivity index (χ2v) is 6.21. The molecule has 2 atom stereocenters. The second kappa shape index (κ2) is 5.61. The minimum Gasteiger partial charge on any atom is -0.398 e. The van der Waals surface area contributed by atoms with Crippen LogP contribution in [0.4, 0.5) is 11.4 Å². The van der Waals surface area contributed by atoms with Crippen LogP contribution in [0, 0.1) is 10.1 Å². The molecular weight excluding hydrogens is 268 g/mol. The molecule has 0 radical (unpaired) electrons. The van der Waals surface area contributed by atoms with Crippen molar-refractivity contribution in [3.63, 3.8) is 0 Å². The van der Waals surface area contributed by atoms with Gasteiger partial charge in [-0.25, -0.2) is 0 Å². The largest absolute Gasteiger partial charge is 0.398 e. The molecule has 2 unspecified atom stereocenters. The van der Waals surface area contributed by atoms with Crippen LogP contribution in [0.5, 0.6) is 0 Å². The number of hydrogen-bond acceptors (Lipinski definition) is 5. The molecule has 21 heavy (non-hydrogen) atoms. The molecule has 2 aliphatic rings. The highest BCUT2D eigenvalue weighted by molar-refractivity contribution is 5.52. The lowest BCUT2D eigenvalue weighted by Crippen LogP contribution is -2.54. The number of piperazine rings is 1. The smallest absolute Gasteiger partial charge is 0.269 e. The predicted molar refractivity (Wildman–Crippen MR) is 82.0 cm³/mol. The summed E-state index contributed by atoms with van der Waals surface area (Å²) in [7, 11) is 0. The SMILES string of the molecule is CC1CN2CCCC2CN1Cc1cc([N+](=O)[O-])ccc1N. The van der Waals surface area contributed by atoms with Gasteiger partial charge in [0.05, 0.1) is 4.92 Å². The number of nitro groups is 1. The lowest BCUT2D eigenvalue weighted by atomic mass is 10.1. The molecule has 2 aliphatic heterocycles. The monoisotopic (exact) mass is 290 g/mol. The molecule has 3 rings (SSSR count). The van der Waals surface area contributed by atoms with Crippen molar-refractivity contribution >= 4 is 11.4 Å². The number of hydrogen-bond donors (Lipinski definition) is 1. The van der Waals surface area contributed by atoms with E-state index in [1.807, 2.05) is 0 Å². The fourth-order valence-electron chi connectivity index (χ4n) is 3.53. The average molecular weight is 290 g/mol. The van der Waals surface area contributed by atoms with Crippen LogP contribution in [-0.4, -0.2) is 46.4 Å². The molecule has 2 heterocycles. The van der Waals surface area contributed by atoms with E-state index in [0.717, 1.165) is 18.7 Å². The number of non-ortho nitro benzene ring substituents is 1. The third-order valence-corrected chi connectivity index (χ3v) is 4.78. The lowest BCUT2D eigenvalue weighted by molar-refractivity contribution is -0.384. The normalized spacial score (nSPS) is 26.7. The van der Waals surface area contributed by atoms with E-state index in [4.69, 9.17) is 5.73 Å². The molecule has 0 aromatic heterocycles. The van der Waals surface area contributed by atoms with Crippen molar-refractivity contribution in [3.05, 3.63) is 33.9 Å². The van der Waals surface area contributed by atoms with Crippen LogP contribution in [0.25, 0.3) is 0 Å². The van der Waals surface area contributed by atoms with E-state index in [1.54, 1.807) is 12.1 Å². The first-order valence-electron chi connectivity index (χ1n) is 7.55. The first-order valence-corrected chi connectivity index (χ1v) is 7.55. The Bertz CT molecular complexity index is 548. The molecule has 1 aromatic rings. The van der Waals surface area contributed by atoms with E-state index in [9.17, 15) is 10.1 Å². The number of nitrogens with two attached hydrogens (primary N) is 1. The molecule has 1 aromatic carbocycles. The second-order valence-electron chi connectivity index (χ2n) is 6.21. The van der Waals surface area contributed by atoms with E-state index in [-0.39, 0.29) is 10.6 Å². The molecule has 0 bridgehead atoms. The number of anilines is 1. The van der Waals surface area contributed by atoms with Gasteiger partial charge in [-0.3, -0.25) is 19.9 Å². The van der Waals surface area contributed by atoms with Crippen LogP contribution in [0.3, 0.4) is 0 Å². The zero-order chi connectivity index (χ0) is 15.0. The molecule has 2 fully saturated rings. The summed E-state index contributed by atoms with van der Waals surface area (Å²) in [5, 5.41) is 10.9. The van der Waals surface area contributed by atoms with E-state index in [0.29, 0.717) is 24.3 Å². The van der Waals surface area contributed by atoms with Gasteiger partial charge in [0.25, 0.3) is 5.69 Å². The van der Waals surface area contributed by atoms with Crippen molar-refractivity contribution in [1.82, 2.24) is 9.80 Å². The number of nitrogens with zero attached hydrogens (tertiary/aromatic N) is 3. The Hall–Kier alpha value is -1.66. The Balaban J connectivity index is 1.76. The zero-order valence-electron chi connectivity index (χ0n) is 12.4. The molecule has 0 aliphatic carbocycles.